The summed E-state index contributed by atoms with van der Waals surface area (Å²) in [7, 11) is 0. The summed E-state index contributed by atoms with van der Waals surface area (Å²) in [6.45, 7) is 5.05. The highest BCUT2D eigenvalue weighted by Crippen LogP contribution is 2.22. The van der Waals surface area contributed by atoms with Gasteiger partial charge in [0, 0.05) is 0 Å². The van der Waals surface area contributed by atoms with Gasteiger partial charge in [0.1, 0.15) is 0 Å². The number of thioether (sulfide) groups is 1. The Bertz CT molecular complexity index is 144. The quantitative estimate of drug-likeness (QED) is 0.626. The first-order valence-electron chi connectivity index (χ1n) is 4.62. The van der Waals surface area contributed by atoms with Crippen LogP contribution in [0.25, 0.3) is 0 Å². The van der Waals surface area contributed by atoms with Crippen LogP contribution in [0, 0.1) is 5.92 Å². The molecule has 0 aromatic heterocycles. The van der Waals surface area contributed by atoms with Gasteiger partial charge in [-0.15, -0.1) is 0 Å². The van der Waals surface area contributed by atoms with E-state index in [0.717, 1.165) is 12.5 Å². The van der Waals surface area contributed by atoms with Gasteiger partial charge in [0.15, 0.2) is 0 Å². The van der Waals surface area contributed by atoms with Crippen LogP contribution in [0.1, 0.15) is 26.7 Å². The molecule has 0 aromatic carbocycles. The third-order valence-electron chi connectivity index (χ3n) is 1.99. The molecule has 0 unspecified atom stereocenters. The van der Waals surface area contributed by atoms with E-state index in [4.69, 9.17) is 4.74 Å². The van der Waals surface area contributed by atoms with Gasteiger partial charge in [-0.05, 0) is 49.7 Å². The minimum absolute atomic E-state index is 0.807. The maximum atomic E-state index is 5.46. The Morgan fingerprint density at radius 1 is 1.42 bits per heavy atom. The van der Waals surface area contributed by atoms with Gasteiger partial charge in [0.2, 0.25) is 0 Å². The smallest absolute Gasteiger partial charge is 0.0902 e. The monoisotopic (exact) mass is 186 g/mol. The van der Waals surface area contributed by atoms with Crippen molar-refractivity contribution in [3.8, 4) is 0 Å². The summed E-state index contributed by atoms with van der Waals surface area (Å²) < 4.78 is 5.46. The molecule has 2 heteroatoms. The van der Waals surface area contributed by atoms with Crippen LogP contribution in [0.15, 0.2) is 11.8 Å². The lowest BCUT2D eigenvalue weighted by molar-refractivity contribution is 0.186. The summed E-state index contributed by atoms with van der Waals surface area (Å²) in [5, 5.41) is 0. The number of allylic oxidation sites excluding steroid dienone is 1. The zero-order valence-electron chi connectivity index (χ0n) is 8.01. The van der Waals surface area contributed by atoms with Crippen molar-refractivity contribution in [1.82, 2.24) is 0 Å². The van der Waals surface area contributed by atoms with Crippen molar-refractivity contribution in [3.63, 3.8) is 0 Å². The second-order valence-corrected chi connectivity index (χ2v) is 4.81. The minimum Gasteiger partial charge on any atom is -0.501 e. The Balaban J connectivity index is 2.09. The predicted molar refractivity (Wildman–Crippen MR) is 55.4 cm³/mol. The number of rotatable bonds is 3. The minimum atomic E-state index is 0.807. The zero-order chi connectivity index (χ0) is 8.81. The van der Waals surface area contributed by atoms with Crippen molar-refractivity contribution in [2.45, 2.75) is 26.7 Å². The molecule has 0 bridgehead atoms. The van der Waals surface area contributed by atoms with Crippen molar-refractivity contribution in [2.24, 2.45) is 5.92 Å². The fourth-order valence-electron chi connectivity index (χ4n) is 1.26. The summed E-state index contributed by atoms with van der Waals surface area (Å²) >= 11 is 2.07. The van der Waals surface area contributed by atoms with Crippen molar-refractivity contribution < 1.29 is 4.74 Å². The molecule has 1 rings (SSSR count). The zero-order valence-corrected chi connectivity index (χ0v) is 8.82. The van der Waals surface area contributed by atoms with E-state index in [0.29, 0.717) is 0 Å². The maximum absolute atomic E-state index is 5.46. The molecule has 0 aromatic rings. The van der Waals surface area contributed by atoms with Gasteiger partial charge >= 0.3 is 0 Å². The van der Waals surface area contributed by atoms with E-state index in [1.165, 1.54) is 29.9 Å². The Morgan fingerprint density at radius 3 is 2.67 bits per heavy atom. The first-order chi connectivity index (χ1) is 5.79. The van der Waals surface area contributed by atoms with Crippen molar-refractivity contribution in [3.05, 3.63) is 11.8 Å². The van der Waals surface area contributed by atoms with E-state index in [1.54, 1.807) is 0 Å². The number of hydrogen-bond donors (Lipinski definition) is 0. The summed E-state index contributed by atoms with van der Waals surface area (Å²) in [6.07, 6.45) is 4.55. The third-order valence-corrected chi connectivity index (χ3v) is 3.04. The molecular weight excluding hydrogens is 168 g/mol. The van der Waals surface area contributed by atoms with Crippen LogP contribution in [-0.2, 0) is 4.74 Å². The van der Waals surface area contributed by atoms with E-state index in [9.17, 15) is 0 Å². The van der Waals surface area contributed by atoms with Crippen LogP contribution < -0.4 is 0 Å². The van der Waals surface area contributed by atoms with Gasteiger partial charge < -0.3 is 4.74 Å². The van der Waals surface area contributed by atoms with Crippen LogP contribution in [0.4, 0.5) is 0 Å². The SMILES string of the molecule is CC(C)=COCC1CCSCC1. The van der Waals surface area contributed by atoms with Gasteiger partial charge in [0.25, 0.3) is 0 Å². The predicted octanol–water partition coefficient (Wildman–Crippen LogP) is 3.07. The standard InChI is InChI=1S/C10H18OS/c1-9(2)7-11-8-10-3-5-12-6-4-10/h7,10H,3-6,8H2,1-2H3. The molecule has 70 valence electrons. The average molecular weight is 186 g/mol. The van der Waals surface area contributed by atoms with E-state index in [-0.39, 0.29) is 0 Å². The van der Waals surface area contributed by atoms with Crippen LogP contribution in [0.5, 0.6) is 0 Å². The molecule has 1 aliphatic rings. The maximum Gasteiger partial charge on any atom is 0.0902 e. The summed E-state index contributed by atoms with van der Waals surface area (Å²) in [5.74, 6) is 3.45. The van der Waals surface area contributed by atoms with Gasteiger partial charge in [-0.3, -0.25) is 0 Å². The topological polar surface area (TPSA) is 9.23 Å². The highest BCUT2D eigenvalue weighted by atomic mass is 32.2. The fourth-order valence-corrected chi connectivity index (χ4v) is 2.47. The molecular formula is C10H18OS. The molecule has 0 radical (unpaired) electrons. The van der Waals surface area contributed by atoms with Crippen molar-refractivity contribution >= 4 is 11.8 Å². The number of ether oxygens (including phenoxy) is 1. The van der Waals surface area contributed by atoms with Crippen molar-refractivity contribution in [2.75, 3.05) is 18.1 Å². The second-order valence-electron chi connectivity index (χ2n) is 3.58. The Labute approximate surface area is 79.6 Å². The lowest BCUT2D eigenvalue weighted by Crippen LogP contribution is -2.14. The third kappa shape index (κ3) is 4.05. The van der Waals surface area contributed by atoms with Crippen LogP contribution in [0.3, 0.4) is 0 Å². The molecule has 1 heterocycles. The fraction of sp³-hybridized carbons (Fsp3) is 0.800. The molecule has 1 fully saturated rings. The van der Waals surface area contributed by atoms with Gasteiger partial charge in [-0.2, -0.15) is 11.8 Å². The Kier molecular flexibility index (Phi) is 4.59. The van der Waals surface area contributed by atoms with Gasteiger partial charge in [0.05, 0.1) is 12.9 Å². The van der Waals surface area contributed by atoms with Crippen LogP contribution >= 0.6 is 11.8 Å². The molecule has 0 atom stereocenters. The van der Waals surface area contributed by atoms with Crippen molar-refractivity contribution in [1.29, 1.82) is 0 Å². The average Bonchev–Trinajstić information content (AvgIpc) is 2.05. The summed E-state index contributed by atoms with van der Waals surface area (Å²) in [5.41, 5.74) is 1.25. The van der Waals surface area contributed by atoms with Gasteiger partial charge in [-0.1, -0.05) is 0 Å². The highest BCUT2D eigenvalue weighted by Gasteiger charge is 2.13. The lowest BCUT2D eigenvalue weighted by atomic mass is 10.0. The molecule has 12 heavy (non-hydrogen) atoms. The van der Waals surface area contributed by atoms with Gasteiger partial charge in [-0.25, -0.2) is 0 Å². The first kappa shape index (κ1) is 9.97. The lowest BCUT2D eigenvalue weighted by Gasteiger charge is -2.20. The van der Waals surface area contributed by atoms with Crippen LogP contribution in [-0.4, -0.2) is 18.1 Å². The Morgan fingerprint density at radius 2 is 2.08 bits per heavy atom. The van der Waals surface area contributed by atoms with E-state index >= 15 is 0 Å². The Hall–Kier alpha value is -0.110. The summed E-state index contributed by atoms with van der Waals surface area (Å²) in [4.78, 5) is 0. The molecule has 1 nitrogen and oxygen atoms in total. The summed E-state index contributed by atoms with van der Waals surface area (Å²) in [6, 6.07) is 0. The molecule has 0 saturated carbocycles. The first-order valence-corrected chi connectivity index (χ1v) is 5.77. The largest absolute Gasteiger partial charge is 0.501 e. The normalized spacial score (nSPS) is 18.8. The highest BCUT2D eigenvalue weighted by molar-refractivity contribution is 7.99. The number of hydrogen-bond acceptors (Lipinski definition) is 2. The van der Waals surface area contributed by atoms with E-state index < -0.39 is 0 Å². The molecule has 1 aliphatic heterocycles. The molecule has 1 saturated heterocycles. The van der Waals surface area contributed by atoms with Crippen LogP contribution in [0.2, 0.25) is 0 Å². The van der Waals surface area contributed by atoms with E-state index in [1.807, 2.05) is 6.26 Å². The molecule has 0 spiro atoms. The van der Waals surface area contributed by atoms with E-state index in [2.05, 4.69) is 25.6 Å². The molecule has 0 N–H and O–H groups in total. The molecule has 0 aliphatic carbocycles. The second kappa shape index (κ2) is 5.52. The molecule has 0 amide bonds.